The summed E-state index contributed by atoms with van der Waals surface area (Å²) in [5.74, 6) is 0. The fourth-order valence-electron chi connectivity index (χ4n) is 9.66. The van der Waals surface area contributed by atoms with Gasteiger partial charge in [0.2, 0.25) is 0 Å². The van der Waals surface area contributed by atoms with E-state index < -0.39 is 0 Å². The Bertz CT molecular complexity index is 2990. The van der Waals surface area contributed by atoms with E-state index in [1.807, 2.05) is 12.1 Å². The second kappa shape index (κ2) is 11.7. The van der Waals surface area contributed by atoms with Gasteiger partial charge >= 0.3 is 0 Å². The Labute approximate surface area is 321 Å². The van der Waals surface area contributed by atoms with Gasteiger partial charge in [-0.2, -0.15) is 0 Å². The number of hydrogen-bond acceptors (Lipinski definition) is 2. The van der Waals surface area contributed by atoms with Crippen LogP contribution in [0.1, 0.15) is 38.3 Å². The van der Waals surface area contributed by atoms with Gasteiger partial charge in [-0.3, -0.25) is 0 Å². The predicted octanol–water partition coefficient (Wildman–Crippen LogP) is 14.5. The van der Waals surface area contributed by atoms with E-state index >= 15 is 0 Å². The summed E-state index contributed by atoms with van der Waals surface area (Å²) in [6.07, 6.45) is 5.72. The molecule has 7 aromatic carbocycles. The zero-order valence-corrected chi connectivity index (χ0v) is 31.3. The summed E-state index contributed by atoms with van der Waals surface area (Å²) in [6, 6.07) is 59.3. The highest BCUT2D eigenvalue weighted by Crippen LogP contribution is 2.63. The van der Waals surface area contributed by atoms with Crippen LogP contribution in [0.5, 0.6) is 0 Å². The number of allylic oxidation sites excluding steroid dienone is 4. The summed E-state index contributed by atoms with van der Waals surface area (Å²) in [7, 11) is 0. The molecule has 0 amide bonds. The third kappa shape index (κ3) is 4.63. The first-order chi connectivity index (χ1) is 26.9. The third-order valence-electron chi connectivity index (χ3n) is 12.9. The maximum Gasteiger partial charge on any atom is 0.135 e. The zero-order valence-electron chi connectivity index (χ0n) is 31.3. The largest absolute Gasteiger partial charge is 0.456 e. The molecule has 0 radical (unpaired) electrons. The Balaban J connectivity index is 1.05. The number of benzene rings is 7. The summed E-state index contributed by atoms with van der Waals surface area (Å²) in [4.78, 5) is 2.41. The normalized spacial score (nSPS) is 17.4. The Morgan fingerprint density at radius 3 is 1.84 bits per heavy atom. The molecule has 2 aromatic heterocycles. The molecule has 2 aliphatic rings. The molecule has 0 aliphatic heterocycles. The summed E-state index contributed by atoms with van der Waals surface area (Å²) < 4.78 is 8.77. The number of hydrogen-bond donors (Lipinski definition) is 0. The monoisotopic (exact) mass is 708 g/mol. The summed E-state index contributed by atoms with van der Waals surface area (Å²) >= 11 is 0. The predicted molar refractivity (Wildman–Crippen MR) is 231 cm³/mol. The summed E-state index contributed by atoms with van der Waals surface area (Å²) in [6.45, 7) is 7.39. The number of furan rings is 1. The molecule has 11 rings (SSSR count). The van der Waals surface area contributed by atoms with E-state index in [-0.39, 0.29) is 10.8 Å². The molecule has 2 aliphatic carbocycles. The zero-order chi connectivity index (χ0) is 36.9. The van der Waals surface area contributed by atoms with Gasteiger partial charge in [0, 0.05) is 55.1 Å². The quantitative estimate of drug-likeness (QED) is 0.177. The topological polar surface area (TPSA) is 21.3 Å². The van der Waals surface area contributed by atoms with E-state index in [9.17, 15) is 0 Å². The molecule has 1 atom stereocenters. The van der Waals surface area contributed by atoms with Crippen molar-refractivity contribution in [1.82, 2.24) is 4.57 Å². The Morgan fingerprint density at radius 2 is 1.09 bits per heavy atom. The van der Waals surface area contributed by atoms with Gasteiger partial charge in [-0.25, -0.2) is 0 Å². The maximum absolute atomic E-state index is 6.27. The highest BCUT2D eigenvalue weighted by Gasteiger charge is 2.53. The molecule has 0 bridgehead atoms. The van der Waals surface area contributed by atoms with Crippen molar-refractivity contribution in [3.63, 3.8) is 0 Å². The molecule has 0 fully saturated rings. The van der Waals surface area contributed by atoms with Crippen LogP contribution in [0.15, 0.2) is 180 Å². The van der Waals surface area contributed by atoms with Crippen molar-refractivity contribution < 1.29 is 4.42 Å². The van der Waals surface area contributed by atoms with Crippen molar-refractivity contribution in [2.24, 2.45) is 5.41 Å². The lowest BCUT2D eigenvalue weighted by Gasteiger charge is -2.42. The second-order valence-electron chi connectivity index (χ2n) is 16.0. The van der Waals surface area contributed by atoms with Crippen molar-refractivity contribution in [2.75, 3.05) is 4.90 Å². The molecule has 1 unspecified atom stereocenters. The molecule has 0 N–H and O–H groups in total. The first-order valence-electron chi connectivity index (χ1n) is 19.3. The van der Waals surface area contributed by atoms with Crippen molar-refractivity contribution in [1.29, 1.82) is 0 Å². The van der Waals surface area contributed by atoms with Gasteiger partial charge in [0.15, 0.2) is 0 Å². The van der Waals surface area contributed by atoms with Crippen LogP contribution >= 0.6 is 0 Å². The smallest absolute Gasteiger partial charge is 0.135 e. The minimum absolute atomic E-state index is 0.110. The van der Waals surface area contributed by atoms with Gasteiger partial charge in [0.05, 0.1) is 11.0 Å². The van der Waals surface area contributed by atoms with Crippen molar-refractivity contribution in [3.05, 3.63) is 187 Å². The molecule has 0 saturated carbocycles. The molecular formula is C52H40N2O. The van der Waals surface area contributed by atoms with Gasteiger partial charge in [-0.15, -0.1) is 0 Å². The van der Waals surface area contributed by atoms with Gasteiger partial charge in [-0.05, 0) is 101 Å². The average molecular weight is 709 g/mol. The number of fused-ring (bicyclic) bond motifs is 9. The first kappa shape index (κ1) is 31.9. The Hall–Kier alpha value is -6.58. The minimum atomic E-state index is -0.143. The average Bonchev–Trinajstić information content (AvgIpc) is 3.82. The Morgan fingerprint density at radius 1 is 0.509 bits per heavy atom. The highest BCUT2D eigenvalue weighted by atomic mass is 16.3. The lowest BCUT2D eigenvalue weighted by Crippen LogP contribution is -2.36. The highest BCUT2D eigenvalue weighted by molar-refractivity contribution is 6.10. The van der Waals surface area contributed by atoms with E-state index in [1.54, 1.807) is 0 Å². The van der Waals surface area contributed by atoms with E-state index in [0.717, 1.165) is 45.4 Å². The molecule has 0 spiro atoms. The molecule has 3 nitrogen and oxygen atoms in total. The van der Waals surface area contributed by atoms with Crippen LogP contribution in [0.4, 0.5) is 17.1 Å². The van der Waals surface area contributed by atoms with Crippen LogP contribution in [-0.2, 0) is 5.41 Å². The van der Waals surface area contributed by atoms with Crippen molar-refractivity contribution >= 4 is 72.1 Å². The van der Waals surface area contributed by atoms with Crippen LogP contribution in [-0.4, -0.2) is 4.57 Å². The number of nitrogens with zero attached hydrogens (tertiary/aromatic N) is 2. The Kier molecular flexibility index (Phi) is 6.79. The lowest BCUT2D eigenvalue weighted by atomic mass is 9.62. The van der Waals surface area contributed by atoms with Crippen LogP contribution in [0.2, 0.25) is 0 Å². The number of anilines is 3. The van der Waals surface area contributed by atoms with Crippen LogP contribution < -0.4 is 4.90 Å². The first-order valence-corrected chi connectivity index (χ1v) is 19.3. The standard InChI is InChI=1S/C52H40N2O/c1-51(2)46-32-38(25-28-43(46)45-29-26-39(33-52(45,51)3)54-47-18-10-7-15-40(47)41-16-8-11-19-48(41)54)53(36-23-21-35(22-24-36)34-13-5-4-6-14-34)37-27-30-50-44(31-37)42-17-9-12-20-49(42)55-50/h4-32H,33H2,1-3H3. The van der Waals surface area contributed by atoms with E-state index in [4.69, 9.17) is 4.42 Å². The van der Waals surface area contributed by atoms with E-state index in [0.29, 0.717) is 0 Å². The van der Waals surface area contributed by atoms with Crippen LogP contribution in [0.3, 0.4) is 0 Å². The molecule has 2 heterocycles. The summed E-state index contributed by atoms with van der Waals surface area (Å²) in [5.41, 5.74) is 15.4. The number of aromatic nitrogens is 1. The van der Waals surface area contributed by atoms with Crippen LogP contribution in [0, 0.1) is 5.41 Å². The fraction of sp³-hybridized carbons (Fsp3) is 0.115. The van der Waals surface area contributed by atoms with Gasteiger partial charge in [0.25, 0.3) is 0 Å². The van der Waals surface area contributed by atoms with Gasteiger partial charge < -0.3 is 13.9 Å². The maximum atomic E-state index is 6.27. The van der Waals surface area contributed by atoms with Crippen molar-refractivity contribution in [3.8, 4) is 11.1 Å². The number of para-hydroxylation sites is 3. The van der Waals surface area contributed by atoms with Gasteiger partial charge in [-0.1, -0.05) is 130 Å². The SMILES string of the molecule is CC12CC(n3c4ccccc4c4ccccc43)=CC=C1c1ccc(N(c3ccc(-c4ccccc4)cc3)c3ccc4oc5ccccc5c4c3)cc1C2(C)C. The third-order valence-corrected chi connectivity index (χ3v) is 12.9. The lowest BCUT2D eigenvalue weighted by molar-refractivity contribution is 0.273. The molecular weight excluding hydrogens is 669 g/mol. The van der Waals surface area contributed by atoms with E-state index in [1.165, 1.54) is 55.3 Å². The fourth-order valence-corrected chi connectivity index (χ4v) is 9.66. The van der Waals surface area contributed by atoms with Crippen LogP contribution in [0.25, 0.3) is 66.1 Å². The molecule has 9 aromatic rings. The summed E-state index contributed by atoms with van der Waals surface area (Å²) in [5, 5.41) is 4.85. The van der Waals surface area contributed by atoms with Crippen molar-refractivity contribution in [2.45, 2.75) is 32.6 Å². The second-order valence-corrected chi connectivity index (χ2v) is 16.0. The molecule has 55 heavy (non-hydrogen) atoms. The molecule has 0 saturated heterocycles. The molecule has 3 heteroatoms. The minimum Gasteiger partial charge on any atom is -0.456 e. The number of rotatable bonds is 5. The molecule has 264 valence electrons. The van der Waals surface area contributed by atoms with E-state index in [2.05, 4.69) is 194 Å². The van der Waals surface area contributed by atoms with Gasteiger partial charge in [0.1, 0.15) is 11.2 Å².